The SMILES string of the molecule is Cc1nc(CN2C(=O)CC[C@]23CCCN(Cc2cc(F)ccc2F)CC3)cs1. The van der Waals surface area contributed by atoms with Crippen LogP contribution in [0.2, 0.25) is 0 Å². The molecule has 4 rings (SSSR count). The predicted octanol–water partition coefficient (Wildman–Crippen LogP) is 4.28. The van der Waals surface area contributed by atoms with E-state index in [1.807, 2.05) is 17.2 Å². The van der Waals surface area contributed by atoms with Crippen molar-refractivity contribution in [3.63, 3.8) is 0 Å². The third kappa shape index (κ3) is 3.96. The maximum absolute atomic E-state index is 14.0. The summed E-state index contributed by atoms with van der Waals surface area (Å²) >= 11 is 1.61. The Kier molecular flexibility index (Phi) is 5.47. The summed E-state index contributed by atoms with van der Waals surface area (Å²) in [5.41, 5.74) is 1.22. The molecule has 1 amide bonds. The van der Waals surface area contributed by atoms with Gasteiger partial charge in [0, 0.05) is 36.0 Å². The second kappa shape index (κ2) is 7.87. The van der Waals surface area contributed by atoms with Crippen LogP contribution in [0.25, 0.3) is 0 Å². The molecule has 1 atom stereocenters. The van der Waals surface area contributed by atoms with Crippen molar-refractivity contribution >= 4 is 17.2 Å². The average molecular weight is 406 g/mol. The topological polar surface area (TPSA) is 36.4 Å². The zero-order valence-electron chi connectivity index (χ0n) is 16.1. The molecule has 2 aliphatic rings. The second-order valence-electron chi connectivity index (χ2n) is 7.93. The van der Waals surface area contributed by atoms with E-state index in [-0.39, 0.29) is 17.3 Å². The number of likely N-dealkylation sites (tertiary alicyclic amines) is 2. The number of carbonyl (C=O) groups excluding carboxylic acids is 1. The molecule has 3 heterocycles. The van der Waals surface area contributed by atoms with E-state index in [0.717, 1.165) is 55.5 Å². The molecular formula is C21H25F2N3OS. The molecule has 2 aliphatic heterocycles. The molecule has 28 heavy (non-hydrogen) atoms. The van der Waals surface area contributed by atoms with Crippen molar-refractivity contribution in [1.29, 1.82) is 0 Å². The molecule has 1 aromatic carbocycles. The lowest BCUT2D eigenvalue weighted by Crippen LogP contribution is -2.46. The quantitative estimate of drug-likeness (QED) is 0.762. The van der Waals surface area contributed by atoms with Crippen molar-refractivity contribution in [2.24, 2.45) is 0 Å². The summed E-state index contributed by atoms with van der Waals surface area (Å²) in [6, 6.07) is 3.63. The number of rotatable bonds is 4. The van der Waals surface area contributed by atoms with Crippen LogP contribution in [0.5, 0.6) is 0 Å². The monoisotopic (exact) mass is 405 g/mol. The summed E-state index contributed by atoms with van der Waals surface area (Å²) in [5.74, 6) is -0.568. The molecule has 0 radical (unpaired) electrons. The first-order valence-corrected chi connectivity index (χ1v) is 10.7. The van der Waals surface area contributed by atoms with Gasteiger partial charge in [-0.15, -0.1) is 11.3 Å². The van der Waals surface area contributed by atoms with Gasteiger partial charge in [-0.3, -0.25) is 9.69 Å². The van der Waals surface area contributed by atoms with Crippen molar-refractivity contribution in [3.05, 3.63) is 51.5 Å². The normalized spacial score (nSPS) is 23.5. The third-order valence-corrected chi connectivity index (χ3v) is 6.90. The highest BCUT2D eigenvalue weighted by molar-refractivity contribution is 7.09. The molecule has 1 spiro atoms. The van der Waals surface area contributed by atoms with E-state index in [1.54, 1.807) is 11.3 Å². The minimum atomic E-state index is -0.409. The van der Waals surface area contributed by atoms with Crippen LogP contribution in [0.15, 0.2) is 23.6 Å². The molecule has 1 aromatic heterocycles. The van der Waals surface area contributed by atoms with Gasteiger partial charge in [0.25, 0.3) is 0 Å². The minimum absolute atomic E-state index is 0.135. The third-order valence-electron chi connectivity index (χ3n) is 6.08. The molecule has 2 aromatic rings. The number of benzene rings is 1. The molecule has 4 nitrogen and oxygen atoms in total. The van der Waals surface area contributed by atoms with Crippen LogP contribution in [-0.4, -0.2) is 39.3 Å². The van der Waals surface area contributed by atoms with Crippen molar-refractivity contribution in [1.82, 2.24) is 14.8 Å². The van der Waals surface area contributed by atoms with Gasteiger partial charge in [0.05, 0.1) is 17.2 Å². The molecule has 0 N–H and O–H groups in total. The van der Waals surface area contributed by atoms with E-state index >= 15 is 0 Å². The highest BCUT2D eigenvalue weighted by Crippen LogP contribution is 2.40. The molecule has 0 unspecified atom stereocenters. The van der Waals surface area contributed by atoms with Crippen molar-refractivity contribution in [3.8, 4) is 0 Å². The number of hydrogen-bond donors (Lipinski definition) is 0. The molecule has 0 saturated carbocycles. The van der Waals surface area contributed by atoms with Crippen LogP contribution in [-0.2, 0) is 17.9 Å². The van der Waals surface area contributed by atoms with Crippen molar-refractivity contribution < 1.29 is 13.6 Å². The first-order chi connectivity index (χ1) is 13.4. The van der Waals surface area contributed by atoms with Crippen LogP contribution < -0.4 is 0 Å². The number of nitrogens with zero attached hydrogens (tertiary/aromatic N) is 3. The summed E-state index contributed by atoms with van der Waals surface area (Å²) in [7, 11) is 0. The molecule has 0 bridgehead atoms. The lowest BCUT2D eigenvalue weighted by Gasteiger charge is -2.38. The summed E-state index contributed by atoms with van der Waals surface area (Å²) < 4.78 is 27.5. The van der Waals surface area contributed by atoms with Gasteiger partial charge in [0.1, 0.15) is 11.6 Å². The van der Waals surface area contributed by atoms with Crippen molar-refractivity contribution in [2.75, 3.05) is 13.1 Å². The van der Waals surface area contributed by atoms with E-state index in [0.29, 0.717) is 25.1 Å². The van der Waals surface area contributed by atoms with Crippen LogP contribution in [0.3, 0.4) is 0 Å². The molecule has 2 fully saturated rings. The van der Waals surface area contributed by atoms with Gasteiger partial charge in [-0.25, -0.2) is 13.8 Å². The largest absolute Gasteiger partial charge is 0.331 e. The maximum atomic E-state index is 14.0. The Morgan fingerprint density at radius 2 is 2.04 bits per heavy atom. The standard InChI is InChI=1S/C21H25F2N3OS/c1-15-24-18(14-28-15)13-26-20(27)5-7-21(26)6-2-9-25(10-8-21)12-16-11-17(22)3-4-19(16)23/h3-4,11,14H,2,5-10,12-13H2,1H3/t21-/m0/s1. The highest BCUT2D eigenvalue weighted by atomic mass is 32.1. The number of hydrogen-bond acceptors (Lipinski definition) is 4. The fraction of sp³-hybridized carbons (Fsp3) is 0.524. The lowest BCUT2D eigenvalue weighted by molar-refractivity contribution is -0.132. The Labute approximate surface area is 168 Å². The average Bonchev–Trinajstić information content (AvgIpc) is 3.13. The predicted molar refractivity (Wildman–Crippen MR) is 105 cm³/mol. The Morgan fingerprint density at radius 1 is 1.18 bits per heavy atom. The lowest BCUT2D eigenvalue weighted by atomic mass is 9.87. The zero-order chi connectivity index (χ0) is 19.7. The van der Waals surface area contributed by atoms with Crippen molar-refractivity contribution in [2.45, 2.75) is 57.7 Å². The number of halogens is 2. The van der Waals surface area contributed by atoms with Crippen LogP contribution >= 0.6 is 11.3 Å². The number of thiazole rings is 1. The van der Waals surface area contributed by atoms with Crippen LogP contribution in [0, 0.1) is 18.6 Å². The Hall–Kier alpha value is -1.86. The van der Waals surface area contributed by atoms with Gasteiger partial charge in [-0.05, 0) is 57.4 Å². The summed E-state index contributed by atoms with van der Waals surface area (Å²) in [6.45, 7) is 4.55. The van der Waals surface area contributed by atoms with E-state index in [2.05, 4.69) is 9.88 Å². The van der Waals surface area contributed by atoms with Gasteiger partial charge in [0.2, 0.25) is 5.91 Å². The first kappa shape index (κ1) is 19.5. The Morgan fingerprint density at radius 3 is 2.82 bits per heavy atom. The number of amides is 1. The maximum Gasteiger partial charge on any atom is 0.223 e. The number of aromatic nitrogens is 1. The first-order valence-electron chi connectivity index (χ1n) is 9.83. The molecule has 0 aliphatic carbocycles. The summed E-state index contributed by atoms with van der Waals surface area (Å²) in [6.07, 6.45) is 4.21. The van der Waals surface area contributed by atoms with Gasteiger partial charge in [-0.1, -0.05) is 0 Å². The fourth-order valence-electron chi connectivity index (χ4n) is 4.59. The molecule has 2 saturated heterocycles. The van der Waals surface area contributed by atoms with Gasteiger partial charge in [0.15, 0.2) is 0 Å². The van der Waals surface area contributed by atoms with E-state index in [1.165, 1.54) is 12.1 Å². The molecule has 150 valence electrons. The Balaban J connectivity index is 1.47. The Bertz CT molecular complexity index is 871. The van der Waals surface area contributed by atoms with Gasteiger partial charge in [-0.2, -0.15) is 0 Å². The molecule has 7 heteroatoms. The smallest absolute Gasteiger partial charge is 0.223 e. The second-order valence-corrected chi connectivity index (χ2v) is 8.99. The van der Waals surface area contributed by atoms with Crippen LogP contribution in [0.4, 0.5) is 8.78 Å². The fourth-order valence-corrected chi connectivity index (χ4v) is 5.19. The van der Waals surface area contributed by atoms with E-state index < -0.39 is 5.82 Å². The molecular weight excluding hydrogens is 380 g/mol. The van der Waals surface area contributed by atoms with E-state index in [9.17, 15) is 13.6 Å². The van der Waals surface area contributed by atoms with Gasteiger partial charge < -0.3 is 4.90 Å². The number of aryl methyl sites for hydroxylation is 1. The minimum Gasteiger partial charge on any atom is -0.331 e. The number of carbonyl (C=O) groups is 1. The van der Waals surface area contributed by atoms with Gasteiger partial charge >= 0.3 is 0 Å². The van der Waals surface area contributed by atoms with E-state index in [4.69, 9.17) is 0 Å². The zero-order valence-corrected chi connectivity index (χ0v) is 16.9. The summed E-state index contributed by atoms with van der Waals surface area (Å²) in [4.78, 5) is 21.4. The summed E-state index contributed by atoms with van der Waals surface area (Å²) in [5, 5.41) is 3.05. The van der Waals surface area contributed by atoms with Crippen LogP contribution in [0.1, 0.15) is 48.4 Å². The highest BCUT2D eigenvalue weighted by Gasteiger charge is 2.45.